The Morgan fingerprint density at radius 1 is 1.57 bits per heavy atom. The van der Waals surface area contributed by atoms with E-state index < -0.39 is 0 Å². The average Bonchev–Trinajstić information content (AvgIpc) is 2.03. The van der Waals surface area contributed by atoms with E-state index in [0.717, 1.165) is 0 Å². The van der Waals surface area contributed by atoms with E-state index in [2.05, 4.69) is 5.32 Å². The van der Waals surface area contributed by atoms with Crippen molar-refractivity contribution in [2.75, 3.05) is 20.3 Å². The Morgan fingerprint density at radius 2 is 2.14 bits per heavy atom. The Labute approximate surface area is 86.2 Å². The highest BCUT2D eigenvalue weighted by Gasteiger charge is 2.19. The molecule has 1 amide bonds. The van der Waals surface area contributed by atoms with E-state index in [1.54, 1.807) is 7.11 Å². The topological polar surface area (TPSA) is 64.3 Å². The second-order valence-corrected chi connectivity index (χ2v) is 4.40. The number of hydrogen-bond donors (Lipinski definition) is 2. The highest BCUT2D eigenvalue weighted by molar-refractivity contribution is 5.76. The van der Waals surface area contributed by atoms with Crippen LogP contribution in [-0.2, 0) is 9.53 Å². The zero-order valence-corrected chi connectivity index (χ0v) is 9.59. The van der Waals surface area contributed by atoms with Crippen LogP contribution in [0.3, 0.4) is 0 Å². The van der Waals surface area contributed by atoms with Gasteiger partial charge in [0.1, 0.15) is 0 Å². The van der Waals surface area contributed by atoms with E-state index in [-0.39, 0.29) is 17.4 Å². The van der Waals surface area contributed by atoms with Crippen LogP contribution in [0.25, 0.3) is 0 Å². The zero-order chi connectivity index (χ0) is 11.2. The summed E-state index contributed by atoms with van der Waals surface area (Å²) in [5.74, 6) is 0.276. The fourth-order valence-corrected chi connectivity index (χ4v) is 1.14. The predicted octanol–water partition coefficient (Wildman–Crippen LogP) is 0.513. The van der Waals surface area contributed by atoms with E-state index in [4.69, 9.17) is 10.5 Å². The van der Waals surface area contributed by atoms with Crippen molar-refractivity contribution in [1.29, 1.82) is 0 Å². The molecule has 0 aromatic rings. The van der Waals surface area contributed by atoms with E-state index >= 15 is 0 Å². The van der Waals surface area contributed by atoms with Gasteiger partial charge in [0.05, 0.1) is 0 Å². The highest BCUT2D eigenvalue weighted by atomic mass is 16.5. The number of carbonyl (C=O) groups excluding carboxylic acids is 1. The largest absolute Gasteiger partial charge is 0.384 e. The minimum atomic E-state index is -0.316. The number of rotatable bonds is 6. The molecule has 0 rings (SSSR count). The Morgan fingerprint density at radius 3 is 2.57 bits per heavy atom. The molecule has 84 valence electrons. The number of carbonyl (C=O) groups is 1. The van der Waals surface area contributed by atoms with E-state index in [9.17, 15) is 4.79 Å². The first-order chi connectivity index (χ1) is 6.41. The molecule has 0 aromatic heterocycles. The second kappa shape index (κ2) is 5.98. The van der Waals surface area contributed by atoms with Gasteiger partial charge in [-0.05, 0) is 19.8 Å². The summed E-state index contributed by atoms with van der Waals surface area (Å²) in [6.07, 6.45) is 0.483. The average molecular weight is 202 g/mol. The van der Waals surface area contributed by atoms with Crippen molar-refractivity contribution in [3.05, 3.63) is 0 Å². The summed E-state index contributed by atoms with van der Waals surface area (Å²) in [4.78, 5) is 11.5. The fraction of sp³-hybridized carbons (Fsp3) is 0.900. The van der Waals surface area contributed by atoms with Crippen LogP contribution in [0, 0.1) is 5.92 Å². The summed E-state index contributed by atoms with van der Waals surface area (Å²) < 4.78 is 4.96. The van der Waals surface area contributed by atoms with Crippen LogP contribution in [0.15, 0.2) is 0 Å². The molecule has 4 nitrogen and oxygen atoms in total. The number of methoxy groups -OCH3 is 1. The van der Waals surface area contributed by atoms with Crippen molar-refractivity contribution in [2.24, 2.45) is 11.7 Å². The summed E-state index contributed by atoms with van der Waals surface area (Å²) in [5, 5.41) is 2.88. The maximum absolute atomic E-state index is 11.5. The molecule has 0 radical (unpaired) electrons. The number of hydrogen-bond acceptors (Lipinski definition) is 3. The van der Waals surface area contributed by atoms with Crippen LogP contribution in [-0.4, -0.2) is 31.7 Å². The summed E-state index contributed by atoms with van der Waals surface area (Å²) >= 11 is 0. The molecule has 0 spiro atoms. The van der Waals surface area contributed by atoms with Crippen LogP contribution in [0.2, 0.25) is 0 Å². The molecular weight excluding hydrogens is 180 g/mol. The smallest absolute Gasteiger partial charge is 0.220 e. The maximum atomic E-state index is 11.5. The molecule has 1 unspecified atom stereocenters. The molecule has 0 aliphatic rings. The molecule has 14 heavy (non-hydrogen) atoms. The lowest BCUT2D eigenvalue weighted by Crippen LogP contribution is -2.49. The van der Waals surface area contributed by atoms with Crippen molar-refractivity contribution in [3.63, 3.8) is 0 Å². The standard InChI is InChI=1S/C10H22N2O2/c1-8(6-14-4)5-9(13)12-10(2,3)7-11/h8H,5-7,11H2,1-4H3,(H,12,13). The molecule has 0 saturated heterocycles. The van der Waals surface area contributed by atoms with Crippen molar-refractivity contribution < 1.29 is 9.53 Å². The van der Waals surface area contributed by atoms with Gasteiger partial charge < -0.3 is 15.8 Å². The predicted molar refractivity (Wildman–Crippen MR) is 56.9 cm³/mol. The molecule has 4 heteroatoms. The molecule has 0 aliphatic carbocycles. The molecule has 0 saturated carbocycles. The third-order valence-electron chi connectivity index (χ3n) is 1.97. The molecule has 0 bridgehead atoms. The summed E-state index contributed by atoms with van der Waals surface area (Å²) in [5.41, 5.74) is 5.19. The van der Waals surface area contributed by atoms with Gasteiger partial charge >= 0.3 is 0 Å². The van der Waals surface area contributed by atoms with E-state index in [1.807, 2.05) is 20.8 Å². The number of nitrogens with two attached hydrogens (primary N) is 1. The minimum absolute atomic E-state index is 0.0324. The van der Waals surface area contributed by atoms with Crippen LogP contribution >= 0.6 is 0 Å². The van der Waals surface area contributed by atoms with Crippen molar-refractivity contribution in [1.82, 2.24) is 5.32 Å². The summed E-state index contributed by atoms with van der Waals surface area (Å²) in [6.45, 7) is 6.85. The van der Waals surface area contributed by atoms with Gasteiger partial charge in [-0.3, -0.25) is 4.79 Å². The van der Waals surface area contributed by atoms with Gasteiger partial charge in [0, 0.05) is 32.2 Å². The van der Waals surface area contributed by atoms with Crippen LogP contribution in [0.4, 0.5) is 0 Å². The van der Waals surface area contributed by atoms with Gasteiger partial charge in [0.25, 0.3) is 0 Å². The lowest BCUT2D eigenvalue weighted by atomic mass is 10.0. The molecule has 0 aromatic carbocycles. The first kappa shape index (κ1) is 13.4. The molecule has 3 N–H and O–H groups in total. The molecule has 0 heterocycles. The first-order valence-electron chi connectivity index (χ1n) is 4.91. The zero-order valence-electron chi connectivity index (χ0n) is 9.59. The van der Waals surface area contributed by atoms with Gasteiger partial charge in [-0.2, -0.15) is 0 Å². The lowest BCUT2D eigenvalue weighted by Gasteiger charge is -2.25. The van der Waals surface area contributed by atoms with Crippen molar-refractivity contribution >= 4 is 5.91 Å². The Bertz CT molecular complexity index is 181. The van der Waals surface area contributed by atoms with E-state index in [1.165, 1.54) is 0 Å². The molecule has 0 aliphatic heterocycles. The summed E-state index contributed by atoms with van der Waals surface area (Å²) in [6, 6.07) is 0. The number of nitrogens with one attached hydrogen (secondary N) is 1. The van der Waals surface area contributed by atoms with Gasteiger partial charge in [0.15, 0.2) is 0 Å². The van der Waals surface area contributed by atoms with Crippen LogP contribution < -0.4 is 11.1 Å². The van der Waals surface area contributed by atoms with Gasteiger partial charge in [0.2, 0.25) is 5.91 Å². The van der Waals surface area contributed by atoms with Crippen molar-refractivity contribution in [3.8, 4) is 0 Å². The Kier molecular flexibility index (Phi) is 5.72. The quantitative estimate of drug-likeness (QED) is 0.659. The normalized spacial score (nSPS) is 13.8. The third kappa shape index (κ3) is 5.94. The third-order valence-corrected chi connectivity index (χ3v) is 1.97. The fourth-order valence-electron chi connectivity index (χ4n) is 1.14. The van der Waals surface area contributed by atoms with Gasteiger partial charge in [-0.15, -0.1) is 0 Å². The Hall–Kier alpha value is -0.610. The Balaban J connectivity index is 3.86. The monoisotopic (exact) mass is 202 g/mol. The first-order valence-corrected chi connectivity index (χ1v) is 4.91. The van der Waals surface area contributed by atoms with Crippen LogP contribution in [0.1, 0.15) is 27.2 Å². The van der Waals surface area contributed by atoms with Gasteiger partial charge in [-0.25, -0.2) is 0 Å². The summed E-state index contributed by atoms with van der Waals surface area (Å²) in [7, 11) is 1.64. The number of ether oxygens (including phenoxy) is 1. The SMILES string of the molecule is COCC(C)CC(=O)NC(C)(C)CN. The van der Waals surface area contributed by atoms with E-state index in [0.29, 0.717) is 19.6 Å². The highest BCUT2D eigenvalue weighted by Crippen LogP contribution is 2.05. The van der Waals surface area contributed by atoms with Gasteiger partial charge in [-0.1, -0.05) is 6.92 Å². The molecule has 0 fully saturated rings. The number of amides is 1. The maximum Gasteiger partial charge on any atom is 0.220 e. The molecule has 1 atom stereocenters. The van der Waals surface area contributed by atoms with Crippen LogP contribution in [0.5, 0.6) is 0 Å². The minimum Gasteiger partial charge on any atom is -0.384 e. The van der Waals surface area contributed by atoms with Crippen molar-refractivity contribution in [2.45, 2.75) is 32.7 Å². The molecular formula is C10H22N2O2. The second-order valence-electron chi connectivity index (χ2n) is 4.40. The lowest BCUT2D eigenvalue weighted by molar-refractivity contribution is -0.123.